The zero-order chi connectivity index (χ0) is 23.8. The highest BCUT2D eigenvalue weighted by Crippen LogP contribution is 2.27. The number of ether oxygens (including phenoxy) is 2. The molecule has 33 heavy (non-hydrogen) atoms. The fourth-order valence-electron chi connectivity index (χ4n) is 2.96. The standard InChI is InChI=1S/C26H20Cl2O4S/c1-31-25(29)24(26(30)32-2)16-22-15-14-21(33-22)4-3-5-23(17-6-10-19(27)11-7-17)18-8-12-20(28)13-9-18/h3-16H,1-2H3. The van der Waals surface area contributed by atoms with Crippen molar-refractivity contribution in [3.05, 3.63) is 109 Å². The minimum atomic E-state index is -0.745. The molecule has 168 valence electrons. The van der Waals surface area contributed by atoms with E-state index in [9.17, 15) is 9.59 Å². The van der Waals surface area contributed by atoms with Gasteiger partial charge >= 0.3 is 11.9 Å². The van der Waals surface area contributed by atoms with Gasteiger partial charge in [0, 0.05) is 19.8 Å². The summed E-state index contributed by atoms with van der Waals surface area (Å²) in [6.07, 6.45) is 7.36. The van der Waals surface area contributed by atoms with Crippen LogP contribution in [0.15, 0.2) is 78.4 Å². The molecule has 3 aromatic rings. The number of thiophene rings is 1. The topological polar surface area (TPSA) is 52.6 Å². The second-order valence-corrected chi connectivity index (χ2v) is 8.75. The van der Waals surface area contributed by atoms with Crippen molar-refractivity contribution < 1.29 is 19.1 Å². The number of carbonyl (C=O) groups is 2. The van der Waals surface area contributed by atoms with Gasteiger partial charge in [0.1, 0.15) is 5.57 Å². The predicted molar refractivity (Wildman–Crippen MR) is 135 cm³/mol. The lowest BCUT2D eigenvalue weighted by Crippen LogP contribution is -2.15. The number of carbonyl (C=O) groups excluding carboxylic acids is 2. The molecule has 0 fully saturated rings. The van der Waals surface area contributed by atoms with Crippen molar-refractivity contribution in [2.45, 2.75) is 0 Å². The maximum Gasteiger partial charge on any atom is 0.345 e. The van der Waals surface area contributed by atoms with Crippen LogP contribution < -0.4 is 0 Å². The summed E-state index contributed by atoms with van der Waals surface area (Å²) >= 11 is 13.5. The van der Waals surface area contributed by atoms with Crippen LogP contribution in [0.25, 0.3) is 17.7 Å². The zero-order valence-corrected chi connectivity index (χ0v) is 20.2. The van der Waals surface area contributed by atoms with E-state index >= 15 is 0 Å². The molecule has 3 rings (SSSR count). The van der Waals surface area contributed by atoms with Gasteiger partial charge in [0.25, 0.3) is 0 Å². The SMILES string of the molecule is COC(=O)C(=Cc1ccc(C=CC=C(c2ccc(Cl)cc2)c2ccc(Cl)cc2)s1)C(=O)OC. The average Bonchev–Trinajstić information content (AvgIpc) is 3.28. The minimum Gasteiger partial charge on any atom is -0.465 e. The Bertz CT molecular complexity index is 1150. The summed E-state index contributed by atoms with van der Waals surface area (Å²) in [7, 11) is 2.43. The number of benzene rings is 2. The average molecular weight is 499 g/mol. The molecule has 0 bridgehead atoms. The summed E-state index contributed by atoms with van der Waals surface area (Å²) in [6.45, 7) is 0. The van der Waals surface area contributed by atoms with Crippen molar-refractivity contribution in [1.29, 1.82) is 0 Å². The minimum absolute atomic E-state index is 0.162. The highest BCUT2D eigenvalue weighted by Gasteiger charge is 2.19. The fraction of sp³-hybridized carbons (Fsp3) is 0.0769. The van der Waals surface area contributed by atoms with Gasteiger partial charge in [0.2, 0.25) is 0 Å². The van der Waals surface area contributed by atoms with E-state index in [4.69, 9.17) is 23.2 Å². The molecule has 0 saturated carbocycles. The smallest absolute Gasteiger partial charge is 0.345 e. The molecule has 0 N–H and O–H groups in total. The molecule has 4 nitrogen and oxygen atoms in total. The van der Waals surface area contributed by atoms with E-state index in [1.807, 2.05) is 78.9 Å². The number of hydrogen-bond donors (Lipinski definition) is 0. The van der Waals surface area contributed by atoms with Gasteiger partial charge in [-0.3, -0.25) is 0 Å². The van der Waals surface area contributed by atoms with Crippen LogP contribution in [0.3, 0.4) is 0 Å². The third-order valence-corrected chi connectivity index (χ3v) is 6.08. The number of methoxy groups -OCH3 is 2. The van der Waals surface area contributed by atoms with E-state index in [1.165, 1.54) is 31.6 Å². The Morgan fingerprint density at radius 1 is 0.758 bits per heavy atom. The van der Waals surface area contributed by atoms with Crippen LogP contribution in [0.4, 0.5) is 0 Å². The summed E-state index contributed by atoms with van der Waals surface area (Å²) in [5.41, 5.74) is 2.88. The molecule has 0 aliphatic carbocycles. The number of esters is 2. The summed E-state index contributed by atoms with van der Waals surface area (Å²) in [4.78, 5) is 25.4. The van der Waals surface area contributed by atoms with E-state index in [2.05, 4.69) is 9.47 Å². The molecule has 1 aromatic heterocycles. The van der Waals surface area contributed by atoms with Gasteiger partial charge < -0.3 is 9.47 Å². The maximum atomic E-state index is 11.9. The molecule has 7 heteroatoms. The van der Waals surface area contributed by atoms with Crippen LogP contribution in [-0.4, -0.2) is 26.2 Å². The summed E-state index contributed by atoms with van der Waals surface area (Å²) in [5, 5.41) is 1.34. The van der Waals surface area contributed by atoms with Crippen molar-refractivity contribution in [1.82, 2.24) is 0 Å². The van der Waals surface area contributed by atoms with E-state index in [0.717, 1.165) is 26.5 Å². The third-order valence-electron chi connectivity index (χ3n) is 4.58. The van der Waals surface area contributed by atoms with Crippen molar-refractivity contribution >= 4 is 64.2 Å². The van der Waals surface area contributed by atoms with Crippen LogP contribution in [0.5, 0.6) is 0 Å². The Morgan fingerprint density at radius 2 is 1.24 bits per heavy atom. The van der Waals surface area contributed by atoms with Gasteiger partial charge in [0.05, 0.1) is 14.2 Å². The van der Waals surface area contributed by atoms with Gasteiger partial charge in [0.15, 0.2) is 0 Å². The molecule has 0 atom stereocenters. The van der Waals surface area contributed by atoms with Gasteiger partial charge in [-0.25, -0.2) is 9.59 Å². The molecule has 0 unspecified atom stereocenters. The molecule has 1 heterocycles. The van der Waals surface area contributed by atoms with Gasteiger partial charge in [-0.1, -0.05) is 59.6 Å². The Labute approximate surface area is 206 Å². The Morgan fingerprint density at radius 3 is 1.73 bits per heavy atom. The van der Waals surface area contributed by atoms with Crippen LogP contribution in [0, 0.1) is 0 Å². The normalized spacial score (nSPS) is 10.5. The molecule has 0 aliphatic rings. The molecular weight excluding hydrogens is 479 g/mol. The lowest BCUT2D eigenvalue weighted by atomic mass is 9.97. The second kappa shape index (κ2) is 11.7. The molecule has 2 aromatic carbocycles. The van der Waals surface area contributed by atoms with Crippen LogP contribution >= 0.6 is 34.5 Å². The van der Waals surface area contributed by atoms with Crippen molar-refractivity contribution in [3.63, 3.8) is 0 Å². The molecule has 0 aliphatic heterocycles. The molecule has 0 saturated heterocycles. The highest BCUT2D eigenvalue weighted by atomic mass is 35.5. The highest BCUT2D eigenvalue weighted by molar-refractivity contribution is 7.13. The first-order valence-electron chi connectivity index (χ1n) is 9.79. The molecular formula is C26H20Cl2O4S. The Hall–Kier alpha value is -3.12. The first-order valence-corrected chi connectivity index (χ1v) is 11.4. The van der Waals surface area contributed by atoms with Crippen molar-refractivity contribution in [3.8, 4) is 0 Å². The first-order chi connectivity index (χ1) is 15.9. The fourth-order valence-corrected chi connectivity index (χ4v) is 4.08. The molecule has 0 spiro atoms. The van der Waals surface area contributed by atoms with Gasteiger partial charge in [-0.2, -0.15) is 0 Å². The third kappa shape index (κ3) is 6.68. The quantitative estimate of drug-likeness (QED) is 0.116. The van der Waals surface area contributed by atoms with Crippen LogP contribution in [-0.2, 0) is 19.1 Å². The zero-order valence-electron chi connectivity index (χ0n) is 17.9. The summed E-state index contributed by atoms with van der Waals surface area (Å²) < 4.78 is 9.33. The maximum absolute atomic E-state index is 11.9. The summed E-state index contributed by atoms with van der Waals surface area (Å²) in [5.74, 6) is -1.49. The second-order valence-electron chi connectivity index (χ2n) is 6.73. The van der Waals surface area contributed by atoms with E-state index in [0.29, 0.717) is 10.0 Å². The molecule has 0 radical (unpaired) electrons. The van der Waals surface area contributed by atoms with Crippen LogP contribution in [0.2, 0.25) is 10.0 Å². The van der Waals surface area contributed by atoms with Crippen molar-refractivity contribution in [2.24, 2.45) is 0 Å². The van der Waals surface area contributed by atoms with Gasteiger partial charge in [-0.15, -0.1) is 11.3 Å². The van der Waals surface area contributed by atoms with Crippen LogP contribution in [0.1, 0.15) is 20.9 Å². The number of rotatable bonds is 7. The Kier molecular flexibility index (Phi) is 8.66. The number of hydrogen-bond acceptors (Lipinski definition) is 5. The van der Waals surface area contributed by atoms with Crippen molar-refractivity contribution in [2.75, 3.05) is 14.2 Å². The van der Waals surface area contributed by atoms with E-state index in [-0.39, 0.29) is 5.57 Å². The largest absolute Gasteiger partial charge is 0.465 e. The lowest BCUT2D eigenvalue weighted by Gasteiger charge is -2.08. The number of halogens is 2. The molecule has 0 amide bonds. The lowest BCUT2D eigenvalue weighted by molar-refractivity contribution is -0.143. The van der Waals surface area contributed by atoms with E-state index < -0.39 is 11.9 Å². The summed E-state index contributed by atoms with van der Waals surface area (Å²) in [6, 6.07) is 19.0. The monoisotopic (exact) mass is 498 g/mol. The Balaban J connectivity index is 1.89. The predicted octanol–water partition coefficient (Wildman–Crippen LogP) is 6.93. The number of allylic oxidation sites excluding steroid dienone is 2. The van der Waals surface area contributed by atoms with E-state index in [1.54, 1.807) is 0 Å². The first kappa shape index (κ1) is 24.5. The van der Waals surface area contributed by atoms with Gasteiger partial charge in [-0.05, 0) is 65.3 Å².